The van der Waals surface area contributed by atoms with E-state index >= 15 is 0 Å². The van der Waals surface area contributed by atoms with Crippen molar-refractivity contribution in [1.82, 2.24) is 0 Å². The van der Waals surface area contributed by atoms with Gasteiger partial charge >= 0.3 is 0 Å². The van der Waals surface area contributed by atoms with Crippen molar-refractivity contribution in [3.8, 4) is 0 Å². The Labute approximate surface area is 43.2 Å². The van der Waals surface area contributed by atoms with E-state index in [0.29, 0.717) is 0 Å². The van der Waals surface area contributed by atoms with Crippen molar-refractivity contribution in [2.24, 2.45) is 4.99 Å². The van der Waals surface area contributed by atoms with Crippen molar-refractivity contribution in [2.75, 3.05) is 12.3 Å². The molecule has 0 spiro atoms. The summed E-state index contributed by atoms with van der Waals surface area (Å²) in [5.41, 5.74) is 0. The third-order valence-electron chi connectivity index (χ3n) is 0.324. The second-order valence-corrected chi connectivity index (χ2v) is 1.21. The highest BCUT2D eigenvalue weighted by Crippen LogP contribution is 1.69. The Bertz CT molecular complexity index is 63.9. The lowest BCUT2D eigenvalue weighted by molar-refractivity contribution is 1.17. The molecule has 0 N–H and O–H groups in total. The van der Waals surface area contributed by atoms with Gasteiger partial charge in [0.1, 0.15) is 0 Å². The lowest BCUT2D eigenvalue weighted by atomic mass is 10.8. The molecule has 0 rings (SSSR count). The molecule has 2 heteroatoms. The van der Waals surface area contributed by atoms with E-state index in [1.165, 1.54) is 0 Å². The van der Waals surface area contributed by atoms with Gasteiger partial charge in [-0.25, -0.2) is 4.99 Å². The molecule has 0 atom stereocenters. The molecule has 0 aromatic carbocycles. The molecule has 0 aromatic rings. The van der Waals surface area contributed by atoms with Gasteiger partial charge in [-0.05, 0) is 12.4 Å². The maximum Gasteiger partial charge on any atom is 0.0571 e. The first-order chi connectivity index (χ1) is 2.91. The smallest absolute Gasteiger partial charge is 0.0571 e. The monoisotopic (exact) mass is 101 g/mol. The molecule has 0 fully saturated rings. The van der Waals surface area contributed by atoms with Crippen molar-refractivity contribution in [2.45, 2.75) is 0 Å². The Morgan fingerprint density at radius 3 is 2.67 bits per heavy atom. The Balaban J connectivity index is 2.86. The highest BCUT2D eigenvalue weighted by molar-refractivity contribution is 7.80. The van der Waals surface area contributed by atoms with E-state index in [1.54, 1.807) is 0 Å². The average molecular weight is 101 g/mol. The molecule has 0 heterocycles. The lowest BCUT2D eigenvalue weighted by Crippen LogP contribution is -1.75. The first kappa shape index (κ1) is 5.80. The number of rotatable bonds is 2. The van der Waals surface area contributed by atoms with Crippen molar-refractivity contribution in [1.29, 1.82) is 0 Å². The summed E-state index contributed by atoms with van der Waals surface area (Å²) in [5, 5.41) is 0. The summed E-state index contributed by atoms with van der Waals surface area (Å²) in [7, 11) is 0. The van der Waals surface area contributed by atoms with Gasteiger partial charge in [0.25, 0.3) is 0 Å². The number of hydrogen-bond donors (Lipinski definition) is 1. The van der Waals surface area contributed by atoms with E-state index < -0.39 is 0 Å². The quantitative estimate of drug-likeness (QED) is 0.389. The van der Waals surface area contributed by atoms with Crippen molar-refractivity contribution in [3.05, 3.63) is 6.58 Å². The zero-order valence-electron chi connectivity index (χ0n) is 3.52. The fourth-order valence-electron chi connectivity index (χ4n) is 0.129. The summed E-state index contributed by atoms with van der Waals surface area (Å²) < 4.78 is 0. The molecule has 0 aliphatic heterocycles. The summed E-state index contributed by atoms with van der Waals surface area (Å²) in [4.78, 5) is 3.65. The molecule has 0 aliphatic carbocycles. The first-order valence-electron chi connectivity index (χ1n) is 1.71. The second kappa shape index (κ2) is 4.80. The van der Waals surface area contributed by atoms with Crippen LogP contribution in [0.2, 0.25) is 0 Å². The molecule has 0 aromatic heterocycles. The van der Waals surface area contributed by atoms with Gasteiger partial charge in [0.05, 0.1) is 6.54 Å². The predicted octanol–water partition coefficient (Wildman–Crippen LogP) is 0.772. The molecular weight excluding hydrogens is 94.1 g/mol. The number of nitrogens with zero attached hydrogens (tertiary/aromatic N) is 1. The van der Waals surface area contributed by atoms with Gasteiger partial charge in [-0.2, -0.15) is 12.6 Å². The molecule has 0 radical (unpaired) electrons. The molecule has 0 aliphatic rings. The summed E-state index contributed by atoms with van der Waals surface area (Å²) in [6, 6.07) is 0. The third kappa shape index (κ3) is 3.80. The van der Waals surface area contributed by atoms with Gasteiger partial charge < -0.3 is 0 Å². The van der Waals surface area contributed by atoms with Crippen LogP contribution in [0.1, 0.15) is 0 Å². The van der Waals surface area contributed by atoms with E-state index in [-0.39, 0.29) is 0 Å². The van der Waals surface area contributed by atoms with E-state index in [4.69, 9.17) is 0 Å². The summed E-state index contributed by atoms with van der Waals surface area (Å²) >= 11 is 3.89. The standard InChI is InChI=1S/C4H7NS/c1-2-5-3-4-6/h6H,1,3-4H2. The van der Waals surface area contributed by atoms with Crippen LogP contribution in [-0.2, 0) is 0 Å². The molecule has 0 amide bonds. The molecule has 6 heavy (non-hydrogen) atoms. The predicted molar refractivity (Wildman–Crippen MR) is 31.8 cm³/mol. The topological polar surface area (TPSA) is 12.4 Å². The first-order valence-corrected chi connectivity index (χ1v) is 2.34. The zero-order valence-corrected chi connectivity index (χ0v) is 4.41. The van der Waals surface area contributed by atoms with Crippen molar-refractivity contribution in [3.63, 3.8) is 0 Å². The largest absolute Gasteiger partial charge is 0.243 e. The fourth-order valence-corrected chi connectivity index (χ4v) is 0.229. The minimum Gasteiger partial charge on any atom is -0.243 e. The molecule has 0 saturated heterocycles. The van der Waals surface area contributed by atoms with Gasteiger partial charge in [-0.1, -0.05) is 0 Å². The summed E-state index contributed by atoms with van der Waals surface area (Å²) in [5.74, 6) is 3.18. The van der Waals surface area contributed by atoms with E-state index in [0.717, 1.165) is 12.3 Å². The van der Waals surface area contributed by atoms with Crippen LogP contribution in [0.3, 0.4) is 0 Å². The van der Waals surface area contributed by atoms with Crippen LogP contribution in [0.4, 0.5) is 0 Å². The van der Waals surface area contributed by atoms with E-state index in [1.807, 2.05) is 0 Å². The van der Waals surface area contributed by atoms with Gasteiger partial charge in [-0.3, -0.25) is 0 Å². The molecule has 0 saturated carbocycles. The Hall–Kier alpha value is -0.200. The van der Waals surface area contributed by atoms with Crippen LogP contribution in [0.15, 0.2) is 11.6 Å². The molecular formula is C4H7NS. The number of aliphatic imine (C=N–C) groups is 1. The molecule has 1 nitrogen and oxygen atoms in total. The normalized spacial score (nSPS) is 6.83. The van der Waals surface area contributed by atoms with Gasteiger partial charge in [0.15, 0.2) is 0 Å². The molecule has 0 bridgehead atoms. The molecule has 0 unspecified atom stereocenters. The van der Waals surface area contributed by atoms with Crippen molar-refractivity contribution < 1.29 is 0 Å². The van der Waals surface area contributed by atoms with Gasteiger partial charge in [0, 0.05) is 5.75 Å². The lowest BCUT2D eigenvalue weighted by Gasteiger charge is -1.73. The summed E-state index contributed by atoms with van der Waals surface area (Å²) in [6.07, 6.45) is 0. The average Bonchev–Trinajstić information content (AvgIpc) is 1.61. The highest BCUT2D eigenvalue weighted by atomic mass is 32.1. The van der Waals surface area contributed by atoms with Crippen LogP contribution in [0.5, 0.6) is 0 Å². The third-order valence-corrected chi connectivity index (χ3v) is 0.524. The Morgan fingerprint density at radius 1 is 1.83 bits per heavy atom. The van der Waals surface area contributed by atoms with Crippen LogP contribution in [-0.4, -0.2) is 18.2 Å². The fraction of sp³-hybridized carbons (Fsp3) is 0.500. The highest BCUT2D eigenvalue weighted by Gasteiger charge is 1.64. The van der Waals surface area contributed by atoms with E-state index in [2.05, 4.69) is 30.1 Å². The Kier molecular flexibility index (Phi) is 4.64. The number of thiol groups is 1. The second-order valence-electron chi connectivity index (χ2n) is 0.763. The maximum atomic E-state index is 3.89. The molecule has 34 valence electrons. The van der Waals surface area contributed by atoms with Crippen LogP contribution < -0.4 is 0 Å². The minimum atomic E-state index is 0.729. The number of hydrogen-bond acceptors (Lipinski definition) is 2. The van der Waals surface area contributed by atoms with Crippen LogP contribution in [0.25, 0.3) is 0 Å². The Morgan fingerprint density at radius 2 is 2.50 bits per heavy atom. The van der Waals surface area contributed by atoms with Gasteiger partial charge in [0.2, 0.25) is 0 Å². The van der Waals surface area contributed by atoms with Gasteiger partial charge in [-0.15, -0.1) is 0 Å². The van der Waals surface area contributed by atoms with Crippen molar-refractivity contribution >= 4 is 18.5 Å². The maximum absolute atomic E-state index is 3.89. The van der Waals surface area contributed by atoms with E-state index in [9.17, 15) is 0 Å². The van der Waals surface area contributed by atoms with Crippen LogP contribution >= 0.6 is 12.6 Å². The SMILES string of the molecule is C=C=NCCS. The van der Waals surface area contributed by atoms with Crippen LogP contribution in [0, 0.1) is 0 Å². The minimum absolute atomic E-state index is 0.729. The summed E-state index contributed by atoms with van der Waals surface area (Å²) in [6.45, 7) is 4.00. The zero-order chi connectivity index (χ0) is 4.83.